The van der Waals surface area contributed by atoms with Gasteiger partial charge in [0, 0.05) is 35.8 Å². The summed E-state index contributed by atoms with van der Waals surface area (Å²) in [6, 6.07) is 7.68. The van der Waals surface area contributed by atoms with Crippen LogP contribution in [0.2, 0.25) is 5.02 Å². The monoisotopic (exact) mass is 797 g/mol. The number of sulfonamides is 1. The van der Waals surface area contributed by atoms with Gasteiger partial charge in [0.05, 0.1) is 18.7 Å². The molecule has 1 aliphatic heterocycles. The Morgan fingerprint density at radius 1 is 1.16 bits per heavy atom. The predicted octanol–water partition coefficient (Wildman–Crippen LogP) is 8.73. The van der Waals surface area contributed by atoms with Crippen molar-refractivity contribution >= 4 is 45.3 Å². The second-order valence-electron chi connectivity index (χ2n) is 14.8. The molecule has 15 heteroatoms. The number of halogens is 2. The van der Waals surface area contributed by atoms with Gasteiger partial charge >= 0.3 is 6.09 Å². The first-order valence-electron chi connectivity index (χ1n) is 17.9. The molecule has 2 aromatic carbocycles. The zero-order valence-electron chi connectivity index (χ0n) is 32.9. The number of nitrogens with two attached hydrogens (primary N) is 1. The van der Waals surface area contributed by atoms with Crippen LogP contribution < -0.4 is 15.8 Å². The van der Waals surface area contributed by atoms with Gasteiger partial charge in [-0.3, -0.25) is 0 Å². The summed E-state index contributed by atoms with van der Waals surface area (Å²) >= 11 is 7.13. The first-order chi connectivity index (χ1) is 25.7. The minimum Gasteiger partial charge on any atom is -0.495 e. The molecule has 4 N–H and O–H groups in total. The molecule has 55 heavy (non-hydrogen) atoms. The Labute approximate surface area is 329 Å². The highest BCUT2D eigenvalue weighted by Gasteiger charge is 2.42. The number of nitrogens with one attached hydrogen (secondary N) is 2. The topological polar surface area (TPSA) is 156 Å². The van der Waals surface area contributed by atoms with Gasteiger partial charge in [0.1, 0.15) is 16.2 Å². The van der Waals surface area contributed by atoms with Crippen LogP contribution in [0, 0.1) is 0 Å². The van der Waals surface area contributed by atoms with Crippen LogP contribution in [-0.2, 0) is 20.2 Å². The molecule has 298 valence electrons. The molecule has 0 saturated carbocycles. The van der Waals surface area contributed by atoms with E-state index < -0.39 is 45.4 Å². The van der Waals surface area contributed by atoms with Crippen LogP contribution in [0.25, 0.3) is 11.1 Å². The molecule has 2 unspecified atom stereocenters. The van der Waals surface area contributed by atoms with Crippen LogP contribution in [0.4, 0.5) is 26.8 Å². The third kappa shape index (κ3) is 9.78. The van der Waals surface area contributed by atoms with Crippen molar-refractivity contribution in [1.29, 1.82) is 0 Å². The highest BCUT2D eigenvalue weighted by molar-refractivity contribution is 7.89. The number of nitrogen functional groups attached to an aromatic ring is 1. The number of aromatic amines is 1. The molecule has 4 rings (SSSR count). The number of allylic oxidation sites excluding steroid dienone is 4. The Morgan fingerprint density at radius 3 is 2.35 bits per heavy atom. The molecule has 0 radical (unpaired) electrons. The lowest BCUT2D eigenvalue weighted by molar-refractivity contribution is 0.0170. The van der Waals surface area contributed by atoms with Gasteiger partial charge in [0.25, 0.3) is 0 Å². The van der Waals surface area contributed by atoms with E-state index in [-0.39, 0.29) is 48.5 Å². The maximum Gasteiger partial charge on any atom is 0.410 e. The van der Waals surface area contributed by atoms with Crippen molar-refractivity contribution in [2.75, 3.05) is 37.8 Å². The molecular formula is C40H53ClFN7O5S. The molecule has 2 heterocycles. The lowest BCUT2D eigenvalue weighted by Gasteiger charge is -2.40. The van der Waals surface area contributed by atoms with Crippen molar-refractivity contribution in [1.82, 2.24) is 24.4 Å². The van der Waals surface area contributed by atoms with Gasteiger partial charge in [-0.1, -0.05) is 54.6 Å². The zero-order chi connectivity index (χ0) is 40.9. The van der Waals surface area contributed by atoms with E-state index in [1.165, 1.54) is 29.6 Å². The zero-order valence-corrected chi connectivity index (χ0v) is 34.4. The highest BCUT2D eigenvalue weighted by Crippen LogP contribution is 2.46. The van der Waals surface area contributed by atoms with Crippen LogP contribution in [-0.4, -0.2) is 83.0 Å². The summed E-state index contributed by atoms with van der Waals surface area (Å²) in [6.07, 6.45) is 7.77. The minimum atomic E-state index is -4.50. The average molecular weight is 798 g/mol. The van der Waals surface area contributed by atoms with Crippen molar-refractivity contribution in [3.63, 3.8) is 0 Å². The van der Waals surface area contributed by atoms with Crippen LogP contribution in [0.15, 0.2) is 84.3 Å². The smallest absolute Gasteiger partial charge is 0.410 e. The molecule has 1 aromatic heterocycles. The quantitative estimate of drug-likeness (QED) is 0.136. The van der Waals surface area contributed by atoms with E-state index in [1.54, 1.807) is 50.8 Å². The number of piperidine rings is 1. The van der Waals surface area contributed by atoms with Crippen LogP contribution in [0.1, 0.15) is 66.9 Å². The SMILES string of the molecule is C=CC(F)(C=CC)CN(C1CCN(C(=O)OC(C)(C)C)CC1)S(=O)(=O)c1cc(-c2c(Cl)cc(Nc3n[nH]c(N)n3)cc2C(C)(C=CC)C(=C)C)ccc1OC. The lowest BCUT2D eigenvalue weighted by atomic mass is 9.73. The summed E-state index contributed by atoms with van der Waals surface area (Å²) < 4.78 is 58.9. The van der Waals surface area contributed by atoms with E-state index in [0.717, 1.165) is 11.6 Å². The Kier molecular flexibility index (Phi) is 13.3. The normalized spacial score (nSPS) is 16.6. The Hall–Kier alpha value is -4.66. The van der Waals surface area contributed by atoms with Crippen molar-refractivity contribution in [2.24, 2.45) is 0 Å². The Bertz CT molecular complexity index is 2070. The maximum atomic E-state index is 16.4. The van der Waals surface area contributed by atoms with Crippen LogP contribution >= 0.6 is 11.6 Å². The van der Waals surface area contributed by atoms with E-state index in [9.17, 15) is 4.79 Å². The molecule has 2 atom stereocenters. The summed E-state index contributed by atoms with van der Waals surface area (Å²) in [5.41, 5.74) is 5.14. The number of hydrogen-bond acceptors (Lipinski definition) is 9. The standard InChI is InChI=1S/C40H53ClFN7O5S/c1-11-18-39(9,26(4)5)30-23-28(44-36-45-35(43)46-47-36)24-31(41)34(30)27-14-15-32(53-10)33(22-27)55(51,52)49(25-40(42,13-3)19-12-2)29-16-20-48(21-17-29)37(50)54-38(6,7)8/h11-15,18-19,22-24,29H,3-4,16-17,20-21,25H2,1-2,5-10H3,(H4,43,44,45,46,47). The van der Waals surface area contributed by atoms with E-state index in [4.69, 9.17) is 26.8 Å². The Morgan fingerprint density at radius 2 is 1.82 bits per heavy atom. The molecule has 1 amide bonds. The number of carbonyl (C=O) groups is 1. The molecule has 1 saturated heterocycles. The maximum absolute atomic E-state index is 16.4. The number of hydrogen-bond donors (Lipinski definition) is 3. The summed E-state index contributed by atoms with van der Waals surface area (Å²) in [5, 5.41) is 10.1. The predicted molar refractivity (Wildman–Crippen MR) is 218 cm³/mol. The Balaban J connectivity index is 1.90. The van der Waals surface area contributed by atoms with Crippen molar-refractivity contribution in [2.45, 2.75) is 88.9 Å². The van der Waals surface area contributed by atoms with E-state index in [1.807, 2.05) is 39.0 Å². The number of aromatic nitrogens is 3. The molecule has 0 spiro atoms. The summed E-state index contributed by atoms with van der Waals surface area (Å²) in [4.78, 5) is 18.4. The van der Waals surface area contributed by atoms with Crippen LogP contribution in [0.3, 0.4) is 0 Å². The number of likely N-dealkylation sites (tertiary alicyclic amines) is 1. The number of amides is 1. The second-order valence-corrected chi connectivity index (χ2v) is 17.0. The molecule has 1 fully saturated rings. The first kappa shape index (κ1) is 43.1. The molecule has 0 aliphatic carbocycles. The minimum absolute atomic E-state index is 0.0586. The van der Waals surface area contributed by atoms with Gasteiger partial charge < -0.3 is 25.4 Å². The fraction of sp³-hybridized carbons (Fsp3) is 0.425. The number of rotatable bonds is 14. The molecule has 1 aliphatic rings. The highest BCUT2D eigenvalue weighted by atomic mass is 35.5. The number of alkyl halides is 1. The summed E-state index contributed by atoms with van der Waals surface area (Å²) in [5.74, 6) is 0.416. The number of ether oxygens (including phenoxy) is 2. The third-order valence-corrected chi connectivity index (χ3v) is 11.8. The van der Waals surface area contributed by atoms with Gasteiger partial charge in [-0.05, 0) is 109 Å². The summed E-state index contributed by atoms with van der Waals surface area (Å²) in [7, 11) is -3.13. The van der Waals surface area contributed by atoms with Gasteiger partial charge in [-0.2, -0.15) is 9.29 Å². The number of H-pyrrole nitrogens is 1. The van der Waals surface area contributed by atoms with Gasteiger partial charge in [0.2, 0.25) is 21.9 Å². The largest absolute Gasteiger partial charge is 0.495 e. The number of nitrogens with zero attached hydrogens (tertiary/aromatic N) is 4. The van der Waals surface area contributed by atoms with Crippen LogP contribution in [0.5, 0.6) is 5.75 Å². The van der Waals surface area contributed by atoms with Crippen molar-refractivity contribution in [3.8, 4) is 16.9 Å². The molecular weight excluding hydrogens is 745 g/mol. The van der Waals surface area contributed by atoms with Crippen molar-refractivity contribution in [3.05, 3.63) is 90.0 Å². The lowest BCUT2D eigenvalue weighted by Crippen LogP contribution is -2.52. The number of methoxy groups -OCH3 is 1. The van der Waals surface area contributed by atoms with Gasteiger partial charge in [-0.15, -0.1) is 5.10 Å². The number of carbonyl (C=O) groups excluding carboxylic acids is 1. The summed E-state index contributed by atoms with van der Waals surface area (Å²) in [6.45, 7) is 20.6. The second kappa shape index (κ2) is 17.0. The van der Waals surface area contributed by atoms with Crippen molar-refractivity contribution < 1.29 is 27.1 Å². The molecule has 3 aromatic rings. The van der Waals surface area contributed by atoms with E-state index >= 15 is 12.8 Å². The van der Waals surface area contributed by atoms with E-state index in [2.05, 4.69) is 33.7 Å². The first-order valence-corrected chi connectivity index (χ1v) is 19.8. The fourth-order valence-corrected chi connectivity index (χ4v) is 8.80. The fourth-order valence-electron chi connectivity index (χ4n) is 6.57. The van der Waals surface area contributed by atoms with Gasteiger partial charge in [-0.25, -0.2) is 22.7 Å². The van der Waals surface area contributed by atoms with E-state index in [0.29, 0.717) is 27.4 Å². The number of benzene rings is 2. The average Bonchev–Trinajstić information content (AvgIpc) is 3.53. The van der Waals surface area contributed by atoms with Gasteiger partial charge in [0.15, 0.2) is 5.67 Å². The molecule has 0 bridgehead atoms. The number of anilines is 3. The molecule has 12 nitrogen and oxygen atoms in total. The third-order valence-electron chi connectivity index (χ3n) is 9.54.